The van der Waals surface area contributed by atoms with Crippen LogP contribution in [0.3, 0.4) is 0 Å². The van der Waals surface area contributed by atoms with Gasteiger partial charge in [0.2, 0.25) is 0 Å². The van der Waals surface area contributed by atoms with Gasteiger partial charge in [0.15, 0.2) is 5.78 Å². The monoisotopic (exact) mass is 358 g/mol. The van der Waals surface area contributed by atoms with Crippen LogP contribution in [0.4, 0.5) is 13.2 Å². The van der Waals surface area contributed by atoms with Gasteiger partial charge in [-0.05, 0) is 42.5 Å². The van der Waals surface area contributed by atoms with Crippen LogP contribution in [0.5, 0.6) is 0 Å². The van der Waals surface area contributed by atoms with Crippen molar-refractivity contribution in [2.45, 2.75) is 20.0 Å². The van der Waals surface area contributed by atoms with Gasteiger partial charge in [0.25, 0.3) is 0 Å². The number of ketones is 1. The molecule has 0 saturated heterocycles. The molecular weight excluding hydrogens is 341 g/mol. The zero-order chi connectivity index (χ0) is 19.2. The first kappa shape index (κ1) is 19.3. The second-order valence-electron chi connectivity index (χ2n) is 5.07. The molecule has 0 atom stereocenters. The van der Waals surface area contributed by atoms with E-state index in [2.05, 4.69) is 9.97 Å². The molecule has 0 N–H and O–H groups in total. The molecule has 0 fully saturated rings. The first-order valence-electron chi connectivity index (χ1n) is 8.04. The van der Waals surface area contributed by atoms with Gasteiger partial charge in [-0.3, -0.25) is 9.78 Å². The van der Waals surface area contributed by atoms with E-state index < -0.39 is 11.7 Å². The van der Waals surface area contributed by atoms with Gasteiger partial charge in [-0.25, -0.2) is 4.98 Å². The smallest absolute Gasteiger partial charge is 0.289 e. The standard InChI is InChI=1S/C18H11F3N2O.C2H6/c19-18(20,21)14-3-1-12-2-4-15(23-16(12)11-14)5-6-17(24)13-7-9-22-10-8-13;1-2/h1-11H;1-2H3/b6-5+;. The molecule has 2 aromatic heterocycles. The molecule has 26 heavy (non-hydrogen) atoms. The lowest BCUT2D eigenvalue weighted by atomic mass is 10.1. The van der Waals surface area contributed by atoms with Crippen molar-refractivity contribution in [1.82, 2.24) is 9.97 Å². The maximum atomic E-state index is 12.8. The summed E-state index contributed by atoms with van der Waals surface area (Å²) in [6, 6.07) is 9.86. The largest absolute Gasteiger partial charge is 0.416 e. The Labute approximate surface area is 149 Å². The number of alkyl halides is 3. The van der Waals surface area contributed by atoms with E-state index in [9.17, 15) is 18.0 Å². The van der Waals surface area contributed by atoms with E-state index in [1.807, 2.05) is 13.8 Å². The second kappa shape index (κ2) is 8.38. The third-order valence-corrected chi connectivity index (χ3v) is 3.41. The highest BCUT2D eigenvalue weighted by Gasteiger charge is 2.30. The zero-order valence-electron chi connectivity index (χ0n) is 14.3. The van der Waals surface area contributed by atoms with Crippen molar-refractivity contribution in [3.8, 4) is 0 Å². The van der Waals surface area contributed by atoms with Crippen LogP contribution in [-0.4, -0.2) is 15.8 Å². The average molecular weight is 358 g/mol. The Morgan fingerprint density at radius 1 is 1.00 bits per heavy atom. The number of carbonyl (C=O) groups excluding carboxylic acids is 1. The van der Waals surface area contributed by atoms with E-state index in [1.165, 1.54) is 30.6 Å². The van der Waals surface area contributed by atoms with Gasteiger partial charge in [-0.1, -0.05) is 26.0 Å². The Bertz CT molecular complexity index is 919. The minimum absolute atomic E-state index is 0.225. The number of hydrogen-bond donors (Lipinski definition) is 0. The van der Waals surface area contributed by atoms with Crippen LogP contribution in [0, 0.1) is 0 Å². The lowest BCUT2D eigenvalue weighted by molar-refractivity contribution is -0.137. The predicted octanol–water partition coefficient (Wildman–Crippen LogP) is 5.57. The Hall–Kier alpha value is -3.02. The molecule has 0 aliphatic heterocycles. The highest BCUT2D eigenvalue weighted by atomic mass is 19.4. The van der Waals surface area contributed by atoms with Gasteiger partial charge in [-0.2, -0.15) is 13.2 Å². The molecule has 0 aliphatic rings. The van der Waals surface area contributed by atoms with E-state index in [1.54, 1.807) is 24.3 Å². The van der Waals surface area contributed by atoms with Crippen LogP contribution in [0.25, 0.3) is 17.0 Å². The summed E-state index contributed by atoms with van der Waals surface area (Å²) in [6.07, 6.45) is 1.40. The van der Waals surface area contributed by atoms with Gasteiger partial charge in [0.05, 0.1) is 16.8 Å². The summed E-state index contributed by atoms with van der Waals surface area (Å²) < 4.78 is 38.3. The van der Waals surface area contributed by atoms with E-state index >= 15 is 0 Å². The zero-order valence-corrected chi connectivity index (χ0v) is 14.3. The average Bonchev–Trinajstić information content (AvgIpc) is 2.67. The molecule has 0 amide bonds. The number of allylic oxidation sites excluding steroid dienone is 1. The van der Waals surface area contributed by atoms with Gasteiger partial charge in [0, 0.05) is 23.3 Å². The fourth-order valence-electron chi connectivity index (χ4n) is 2.18. The molecule has 0 spiro atoms. The summed E-state index contributed by atoms with van der Waals surface area (Å²) in [5.41, 5.74) is 0.352. The third kappa shape index (κ3) is 4.75. The summed E-state index contributed by atoms with van der Waals surface area (Å²) in [6.45, 7) is 4.00. The Balaban J connectivity index is 0.00000117. The maximum absolute atomic E-state index is 12.8. The fourth-order valence-corrected chi connectivity index (χ4v) is 2.18. The van der Waals surface area contributed by atoms with Gasteiger partial charge in [0.1, 0.15) is 0 Å². The number of benzene rings is 1. The van der Waals surface area contributed by atoms with E-state index in [-0.39, 0.29) is 11.3 Å². The van der Waals surface area contributed by atoms with Gasteiger partial charge >= 0.3 is 6.18 Å². The maximum Gasteiger partial charge on any atom is 0.416 e. The molecule has 0 aliphatic carbocycles. The second-order valence-corrected chi connectivity index (χ2v) is 5.07. The van der Waals surface area contributed by atoms with Crippen molar-refractivity contribution in [1.29, 1.82) is 0 Å². The van der Waals surface area contributed by atoms with Crippen LogP contribution < -0.4 is 0 Å². The quantitative estimate of drug-likeness (QED) is 0.454. The normalized spacial score (nSPS) is 11.3. The van der Waals surface area contributed by atoms with Crippen LogP contribution in [-0.2, 0) is 6.18 Å². The number of halogens is 3. The SMILES string of the molecule is CC.O=C(/C=C/c1ccc2ccc(C(F)(F)F)cc2n1)c1ccncc1. The van der Waals surface area contributed by atoms with E-state index in [0.717, 1.165) is 12.1 Å². The molecular formula is C20H17F3N2O. The van der Waals surface area contributed by atoms with Crippen LogP contribution >= 0.6 is 0 Å². The lowest BCUT2D eigenvalue weighted by Crippen LogP contribution is -2.04. The Kier molecular flexibility index (Phi) is 6.22. The minimum atomic E-state index is -4.42. The summed E-state index contributed by atoms with van der Waals surface area (Å²) in [7, 11) is 0. The molecule has 3 nitrogen and oxygen atoms in total. The molecule has 3 aromatic rings. The number of nitrogens with zero attached hydrogens (tertiary/aromatic N) is 2. The molecule has 2 heterocycles. The first-order chi connectivity index (χ1) is 12.4. The topological polar surface area (TPSA) is 42.9 Å². The molecule has 1 aromatic carbocycles. The highest BCUT2D eigenvalue weighted by Crippen LogP contribution is 2.31. The summed E-state index contributed by atoms with van der Waals surface area (Å²) in [5.74, 6) is -0.233. The molecule has 0 radical (unpaired) electrons. The summed E-state index contributed by atoms with van der Waals surface area (Å²) in [4.78, 5) is 20.0. The van der Waals surface area contributed by atoms with Crippen molar-refractivity contribution in [2.24, 2.45) is 0 Å². The number of fused-ring (bicyclic) bond motifs is 1. The number of carbonyl (C=O) groups is 1. The van der Waals surface area contributed by atoms with Crippen molar-refractivity contribution >= 4 is 22.8 Å². The molecule has 134 valence electrons. The van der Waals surface area contributed by atoms with Gasteiger partial charge < -0.3 is 0 Å². The van der Waals surface area contributed by atoms with E-state index in [0.29, 0.717) is 16.6 Å². The van der Waals surface area contributed by atoms with E-state index in [4.69, 9.17) is 0 Å². The fraction of sp³-hybridized carbons (Fsp3) is 0.150. The van der Waals surface area contributed by atoms with Gasteiger partial charge in [-0.15, -0.1) is 0 Å². The van der Waals surface area contributed by atoms with Crippen molar-refractivity contribution in [2.75, 3.05) is 0 Å². The van der Waals surface area contributed by atoms with Crippen LogP contribution in [0.2, 0.25) is 0 Å². The summed E-state index contributed by atoms with van der Waals surface area (Å²) >= 11 is 0. The number of rotatable bonds is 3. The number of pyridine rings is 2. The summed E-state index contributed by atoms with van der Waals surface area (Å²) in [5, 5.41) is 0.598. The molecule has 6 heteroatoms. The van der Waals surface area contributed by atoms with Crippen molar-refractivity contribution in [3.05, 3.63) is 77.8 Å². The molecule has 0 bridgehead atoms. The molecule has 3 rings (SSSR count). The molecule has 0 unspecified atom stereocenters. The first-order valence-corrected chi connectivity index (χ1v) is 8.04. The minimum Gasteiger partial charge on any atom is -0.289 e. The Morgan fingerprint density at radius 2 is 1.65 bits per heavy atom. The molecule has 0 saturated carbocycles. The lowest BCUT2D eigenvalue weighted by Gasteiger charge is -2.07. The Morgan fingerprint density at radius 3 is 2.31 bits per heavy atom. The van der Waals surface area contributed by atoms with Crippen molar-refractivity contribution < 1.29 is 18.0 Å². The third-order valence-electron chi connectivity index (χ3n) is 3.41. The number of aromatic nitrogens is 2. The van der Waals surface area contributed by atoms with Crippen LogP contribution in [0.15, 0.2) is 60.9 Å². The van der Waals surface area contributed by atoms with Crippen LogP contribution in [0.1, 0.15) is 35.5 Å². The highest BCUT2D eigenvalue weighted by molar-refractivity contribution is 6.06. The predicted molar refractivity (Wildman–Crippen MR) is 95.7 cm³/mol. The number of hydrogen-bond acceptors (Lipinski definition) is 3. The van der Waals surface area contributed by atoms with Crippen molar-refractivity contribution in [3.63, 3.8) is 0 Å².